The standard InChI is InChI=1S/C14H22N2O/c1-9-6-11(8-12(15)7-9)13(17)16-10(2)14(3,4)5/h6-8,10H,15H2,1-5H3,(H,16,17). The van der Waals surface area contributed by atoms with Crippen LogP contribution in [-0.2, 0) is 0 Å². The van der Waals surface area contributed by atoms with Crippen molar-refractivity contribution in [3.8, 4) is 0 Å². The van der Waals surface area contributed by atoms with Crippen molar-refractivity contribution in [2.75, 3.05) is 5.73 Å². The Labute approximate surface area is 103 Å². The highest BCUT2D eigenvalue weighted by Gasteiger charge is 2.22. The highest BCUT2D eigenvalue weighted by atomic mass is 16.1. The molecule has 3 heteroatoms. The number of nitrogens with one attached hydrogen (secondary N) is 1. The molecule has 3 N–H and O–H groups in total. The predicted molar refractivity (Wildman–Crippen MR) is 72.0 cm³/mol. The number of benzene rings is 1. The van der Waals surface area contributed by atoms with E-state index in [0.29, 0.717) is 11.3 Å². The topological polar surface area (TPSA) is 55.1 Å². The molecule has 0 saturated carbocycles. The van der Waals surface area contributed by atoms with Crippen LogP contribution in [0.2, 0.25) is 0 Å². The van der Waals surface area contributed by atoms with Crippen molar-refractivity contribution < 1.29 is 4.79 Å². The van der Waals surface area contributed by atoms with Crippen LogP contribution < -0.4 is 11.1 Å². The third-order valence-corrected chi connectivity index (χ3v) is 3.01. The van der Waals surface area contributed by atoms with Gasteiger partial charge in [-0.25, -0.2) is 0 Å². The molecule has 0 aliphatic heterocycles. The summed E-state index contributed by atoms with van der Waals surface area (Å²) < 4.78 is 0. The van der Waals surface area contributed by atoms with Gasteiger partial charge in [-0.2, -0.15) is 0 Å². The van der Waals surface area contributed by atoms with Gasteiger partial charge in [0.1, 0.15) is 0 Å². The summed E-state index contributed by atoms with van der Waals surface area (Å²) in [6.45, 7) is 10.2. The highest BCUT2D eigenvalue weighted by molar-refractivity contribution is 5.95. The first-order chi connectivity index (χ1) is 7.70. The summed E-state index contributed by atoms with van der Waals surface area (Å²) in [6.07, 6.45) is 0. The van der Waals surface area contributed by atoms with Crippen molar-refractivity contribution in [1.29, 1.82) is 0 Å². The predicted octanol–water partition coefficient (Wildman–Crippen LogP) is 2.74. The summed E-state index contributed by atoms with van der Waals surface area (Å²) >= 11 is 0. The molecule has 0 aliphatic rings. The molecule has 0 saturated heterocycles. The van der Waals surface area contributed by atoms with Crippen molar-refractivity contribution >= 4 is 11.6 Å². The number of carbonyl (C=O) groups is 1. The Morgan fingerprint density at radius 1 is 1.29 bits per heavy atom. The molecule has 0 bridgehead atoms. The van der Waals surface area contributed by atoms with Crippen molar-refractivity contribution in [2.24, 2.45) is 5.41 Å². The maximum Gasteiger partial charge on any atom is 0.251 e. The summed E-state index contributed by atoms with van der Waals surface area (Å²) in [5.41, 5.74) is 8.03. The molecule has 17 heavy (non-hydrogen) atoms. The lowest BCUT2D eigenvalue weighted by Gasteiger charge is -2.28. The summed E-state index contributed by atoms with van der Waals surface area (Å²) in [5, 5.41) is 3.00. The number of anilines is 1. The number of carbonyl (C=O) groups excluding carboxylic acids is 1. The molecule has 0 spiro atoms. The van der Waals surface area contributed by atoms with Gasteiger partial charge in [-0.1, -0.05) is 20.8 Å². The Hall–Kier alpha value is -1.51. The van der Waals surface area contributed by atoms with E-state index in [9.17, 15) is 4.79 Å². The number of nitrogens with two attached hydrogens (primary N) is 1. The maximum atomic E-state index is 12.0. The number of hydrogen-bond donors (Lipinski definition) is 2. The van der Waals surface area contributed by atoms with Gasteiger partial charge >= 0.3 is 0 Å². The molecule has 3 nitrogen and oxygen atoms in total. The van der Waals surface area contributed by atoms with E-state index in [1.807, 2.05) is 26.0 Å². The molecule has 0 heterocycles. The van der Waals surface area contributed by atoms with Crippen LogP contribution in [0.15, 0.2) is 18.2 Å². The minimum absolute atomic E-state index is 0.0467. The Morgan fingerprint density at radius 3 is 2.35 bits per heavy atom. The number of hydrogen-bond acceptors (Lipinski definition) is 2. The summed E-state index contributed by atoms with van der Waals surface area (Å²) in [5.74, 6) is -0.0668. The molecule has 1 amide bonds. The lowest BCUT2D eigenvalue weighted by molar-refractivity contribution is 0.0910. The molecule has 0 radical (unpaired) electrons. The van der Waals surface area contributed by atoms with Gasteiger partial charge in [-0.15, -0.1) is 0 Å². The van der Waals surface area contributed by atoms with E-state index in [1.165, 1.54) is 0 Å². The van der Waals surface area contributed by atoms with Crippen LogP contribution in [0.25, 0.3) is 0 Å². The van der Waals surface area contributed by atoms with Gasteiger partial charge in [0.2, 0.25) is 0 Å². The van der Waals surface area contributed by atoms with Crippen LogP contribution in [-0.4, -0.2) is 11.9 Å². The first kappa shape index (κ1) is 13.6. The average Bonchev–Trinajstić information content (AvgIpc) is 2.14. The van der Waals surface area contributed by atoms with Crippen molar-refractivity contribution in [1.82, 2.24) is 5.32 Å². The van der Waals surface area contributed by atoms with Gasteiger partial charge < -0.3 is 11.1 Å². The monoisotopic (exact) mass is 234 g/mol. The fraction of sp³-hybridized carbons (Fsp3) is 0.500. The van der Waals surface area contributed by atoms with Gasteiger partial charge in [0.05, 0.1) is 0 Å². The van der Waals surface area contributed by atoms with Crippen LogP contribution >= 0.6 is 0 Å². The highest BCUT2D eigenvalue weighted by Crippen LogP contribution is 2.19. The zero-order valence-corrected chi connectivity index (χ0v) is 11.3. The van der Waals surface area contributed by atoms with Crippen LogP contribution in [0.3, 0.4) is 0 Å². The summed E-state index contributed by atoms with van der Waals surface area (Å²) in [6, 6.07) is 5.51. The zero-order valence-electron chi connectivity index (χ0n) is 11.3. The Morgan fingerprint density at radius 2 is 1.88 bits per heavy atom. The van der Waals surface area contributed by atoms with E-state index in [1.54, 1.807) is 6.07 Å². The Kier molecular flexibility index (Phi) is 3.81. The lowest BCUT2D eigenvalue weighted by atomic mass is 9.88. The summed E-state index contributed by atoms with van der Waals surface area (Å²) in [7, 11) is 0. The molecule has 1 aromatic rings. The summed E-state index contributed by atoms with van der Waals surface area (Å²) in [4.78, 5) is 12.0. The zero-order chi connectivity index (χ0) is 13.2. The van der Waals surface area contributed by atoms with Crippen LogP contribution in [0.1, 0.15) is 43.6 Å². The normalized spacial score (nSPS) is 13.2. The largest absolute Gasteiger partial charge is 0.399 e. The smallest absolute Gasteiger partial charge is 0.251 e. The molecule has 1 unspecified atom stereocenters. The van der Waals surface area contributed by atoms with Gasteiger partial charge in [0.25, 0.3) is 5.91 Å². The fourth-order valence-electron chi connectivity index (χ4n) is 1.44. The number of rotatable bonds is 2. The Bertz CT molecular complexity index is 398. The molecule has 1 aromatic carbocycles. The van der Waals surface area contributed by atoms with E-state index in [0.717, 1.165) is 5.56 Å². The molecule has 0 aromatic heterocycles. The fourth-order valence-corrected chi connectivity index (χ4v) is 1.44. The number of amides is 1. The third kappa shape index (κ3) is 3.77. The molecule has 1 atom stereocenters. The van der Waals surface area contributed by atoms with Gasteiger partial charge in [-0.3, -0.25) is 4.79 Å². The van der Waals surface area contributed by atoms with Gasteiger partial charge in [0.15, 0.2) is 0 Å². The van der Waals surface area contributed by atoms with Crippen LogP contribution in [0, 0.1) is 12.3 Å². The van der Waals surface area contributed by atoms with E-state index in [2.05, 4.69) is 26.1 Å². The van der Waals surface area contributed by atoms with Crippen LogP contribution in [0.5, 0.6) is 0 Å². The SMILES string of the molecule is Cc1cc(N)cc(C(=O)NC(C)C(C)(C)C)c1. The first-order valence-corrected chi connectivity index (χ1v) is 5.88. The van der Waals surface area contributed by atoms with Crippen molar-refractivity contribution in [3.63, 3.8) is 0 Å². The van der Waals surface area contributed by atoms with Gasteiger partial charge in [-0.05, 0) is 43.0 Å². The maximum absolute atomic E-state index is 12.0. The lowest BCUT2D eigenvalue weighted by Crippen LogP contribution is -2.41. The van der Waals surface area contributed by atoms with E-state index in [4.69, 9.17) is 5.73 Å². The third-order valence-electron chi connectivity index (χ3n) is 3.01. The second kappa shape index (κ2) is 4.78. The second-order valence-electron chi connectivity index (χ2n) is 5.69. The first-order valence-electron chi connectivity index (χ1n) is 5.88. The quantitative estimate of drug-likeness (QED) is 0.773. The number of aryl methyl sites for hydroxylation is 1. The molecular weight excluding hydrogens is 212 g/mol. The molecule has 0 fully saturated rings. The molecule has 1 rings (SSSR count). The number of nitrogen functional groups attached to an aromatic ring is 1. The minimum Gasteiger partial charge on any atom is -0.399 e. The van der Waals surface area contributed by atoms with Crippen LogP contribution in [0.4, 0.5) is 5.69 Å². The molecular formula is C14H22N2O. The second-order valence-corrected chi connectivity index (χ2v) is 5.69. The molecule has 0 aliphatic carbocycles. The molecule has 94 valence electrons. The average molecular weight is 234 g/mol. The van der Waals surface area contributed by atoms with E-state index < -0.39 is 0 Å². The van der Waals surface area contributed by atoms with E-state index >= 15 is 0 Å². The Balaban J connectivity index is 2.84. The van der Waals surface area contributed by atoms with Crippen molar-refractivity contribution in [2.45, 2.75) is 40.7 Å². The minimum atomic E-state index is -0.0668. The van der Waals surface area contributed by atoms with Crippen molar-refractivity contribution in [3.05, 3.63) is 29.3 Å². The van der Waals surface area contributed by atoms with E-state index in [-0.39, 0.29) is 17.4 Å². The van der Waals surface area contributed by atoms with Gasteiger partial charge in [0, 0.05) is 17.3 Å².